The lowest BCUT2D eigenvalue weighted by atomic mass is 10.2. The van der Waals surface area contributed by atoms with Crippen LogP contribution in [0.5, 0.6) is 0 Å². The second-order valence-electron chi connectivity index (χ2n) is 5.79. The molecule has 0 aliphatic carbocycles. The molecule has 0 aromatic heterocycles. The van der Waals surface area contributed by atoms with E-state index in [0.29, 0.717) is 6.61 Å². The molecule has 108 valence electrons. The minimum Gasteiger partial charge on any atom is -0.376 e. The molecule has 1 aliphatic heterocycles. The standard InChI is InChI=1S/C14H30N2O2/c1-12(2)17-11-14(18-13(3)4)10-16-8-6-15(5)7-9-16/h12-14H,6-11H2,1-5H3. The van der Waals surface area contributed by atoms with Crippen LogP contribution in [0.4, 0.5) is 0 Å². The second kappa shape index (κ2) is 8.10. The summed E-state index contributed by atoms with van der Waals surface area (Å²) in [6.07, 6.45) is 0.727. The highest BCUT2D eigenvalue weighted by Crippen LogP contribution is 2.06. The summed E-state index contributed by atoms with van der Waals surface area (Å²) in [5, 5.41) is 0. The van der Waals surface area contributed by atoms with Crippen molar-refractivity contribution in [3.05, 3.63) is 0 Å². The Morgan fingerprint density at radius 1 is 0.944 bits per heavy atom. The monoisotopic (exact) mass is 258 g/mol. The summed E-state index contributed by atoms with van der Waals surface area (Å²) in [5.41, 5.74) is 0. The maximum atomic E-state index is 5.95. The average molecular weight is 258 g/mol. The van der Waals surface area contributed by atoms with E-state index in [2.05, 4.69) is 44.5 Å². The molecule has 0 aromatic carbocycles. The largest absolute Gasteiger partial charge is 0.376 e. The Kier molecular flexibility index (Phi) is 7.15. The van der Waals surface area contributed by atoms with E-state index in [0.717, 1.165) is 32.7 Å². The highest BCUT2D eigenvalue weighted by Gasteiger charge is 2.20. The van der Waals surface area contributed by atoms with Gasteiger partial charge in [0.25, 0.3) is 0 Å². The van der Waals surface area contributed by atoms with Crippen molar-refractivity contribution in [3.8, 4) is 0 Å². The third-order valence-corrected chi connectivity index (χ3v) is 3.14. The molecule has 0 bridgehead atoms. The Labute approximate surface area is 112 Å². The van der Waals surface area contributed by atoms with Crippen LogP contribution in [-0.4, -0.2) is 74.5 Å². The SMILES string of the molecule is CC(C)OCC(CN1CCN(C)CC1)OC(C)C. The van der Waals surface area contributed by atoms with Crippen LogP contribution in [0.15, 0.2) is 0 Å². The number of nitrogens with zero attached hydrogens (tertiary/aromatic N) is 2. The van der Waals surface area contributed by atoms with Gasteiger partial charge in [0.15, 0.2) is 0 Å². The lowest BCUT2D eigenvalue weighted by molar-refractivity contribution is -0.0729. The van der Waals surface area contributed by atoms with Crippen LogP contribution in [0, 0.1) is 0 Å². The fourth-order valence-corrected chi connectivity index (χ4v) is 2.14. The van der Waals surface area contributed by atoms with Gasteiger partial charge in [0.2, 0.25) is 0 Å². The van der Waals surface area contributed by atoms with Crippen molar-refractivity contribution in [3.63, 3.8) is 0 Å². The van der Waals surface area contributed by atoms with Crippen molar-refractivity contribution in [1.29, 1.82) is 0 Å². The fourth-order valence-electron chi connectivity index (χ4n) is 2.14. The Bertz CT molecular complexity index is 214. The predicted octanol–water partition coefficient (Wildman–Crippen LogP) is 1.45. The molecular formula is C14H30N2O2. The summed E-state index contributed by atoms with van der Waals surface area (Å²) in [6.45, 7) is 14.6. The number of likely N-dealkylation sites (N-methyl/N-ethyl adjacent to an activating group) is 1. The number of rotatable bonds is 7. The quantitative estimate of drug-likeness (QED) is 0.690. The summed E-state index contributed by atoms with van der Waals surface area (Å²) in [5.74, 6) is 0. The maximum absolute atomic E-state index is 5.95. The third kappa shape index (κ3) is 6.69. The first-order valence-corrected chi connectivity index (χ1v) is 7.15. The van der Waals surface area contributed by atoms with Crippen LogP contribution in [0.25, 0.3) is 0 Å². The summed E-state index contributed by atoms with van der Waals surface area (Å²) in [6, 6.07) is 0. The fraction of sp³-hybridized carbons (Fsp3) is 1.00. The van der Waals surface area contributed by atoms with Crippen LogP contribution >= 0.6 is 0 Å². The molecule has 1 fully saturated rings. The van der Waals surface area contributed by atoms with Gasteiger partial charge in [0.05, 0.1) is 24.9 Å². The Morgan fingerprint density at radius 2 is 1.56 bits per heavy atom. The predicted molar refractivity (Wildman–Crippen MR) is 75.0 cm³/mol. The normalized spacial score (nSPS) is 20.8. The molecule has 4 nitrogen and oxygen atoms in total. The highest BCUT2D eigenvalue weighted by atomic mass is 16.5. The summed E-state index contributed by atoms with van der Waals surface area (Å²) >= 11 is 0. The van der Waals surface area contributed by atoms with E-state index in [1.165, 1.54) is 0 Å². The first kappa shape index (κ1) is 15.9. The molecule has 1 rings (SSSR count). The van der Waals surface area contributed by atoms with E-state index in [1.807, 2.05) is 0 Å². The van der Waals surface area contributed by atoms with E-state index >= 15 is 0 Å². The lowest BCUT2D eigenvalue weighted by Gasteiger charge is -2.35. The molecule has 1 unspecified atom stereocenters. The Morgan fingerprint density at radius 3 is 2.06 bits per heavy atom. The zero-order chi connectivity index (χ0) is 13.5. The van der Waals surface area contributed by atoms with Crippen molar-refractivity contribution in [2.45, 2.75) is 46.0 Å². The van der Waals surface area contributed by atoms with Crippen LogP contribution in [0.1, 0.15) is 27.7 Å². The van der Waals surface area contributed by atoms with Gasteiger partial charge in [0, 0.05) is 32.7 Å². The smallest absolute Gasteiger partial charge is 0.0938 e. The van der Waals surface area contributed by atoms with Crippen molar-refractivity contribution in [2.24, 2.45) is 0 Å². The van der Waals surface area contributed by atoms with Crippen molar-refractivity contribution in [2.75, 3.05) is 46.4 Å². The summed E-state index contributed by atoms with van der Waals surface area (Å²) in [4.78, 5) is 4.86. The number of hydrogen-bond donors (Lipinski definition) is 0. The second-order valence-corrected chi connectivity index (χ2v) is 5.79. The van der Waals surface area contributed by atoms with E-state index in [4.69, 9.17) is 9.47 Å². The van der Waals surface area contributed by atoms with Crippen LogP contribution in [-0.2, 0) is 9.47 Å². The van der Waals surface area contributed by atoms with Crippen LogP contribution in [0.2, 0.25) is 0 Å². The van der Waals surface area contributed by atoms with Gasteiger partial charge in [0.1, 0.15) is 0 Å². The molecule has 0 saturated carbocycles. The van der Waals surface area contributed by atoms with E-state index in [9.17, 15) is 0 Å². The Balaban J connectivity index is 2.34. The molecule has 0 N–H and O–H groups in total. The zero-order valence-electron chi connectivity index (χ0n) is 12.7. The maximum Gasteiger partial charge on any atom is 0.0938 e. The summed E-state index contributed by atoms with van der Waals surface area (Å²) < 4.78 is 11.7. The van der Waals surface area contributed by atoms with Gasteiger partial charge >= 0.3 is 0 Å². The van der Waals surface area contributed by atoms with Crippen LogP contribution < -0.4 is 0 Å². The van der Waals surface area contributed by atoms with Crippen molar-refractivity contribution >= 4 is 0 Å². The number of ether oxygens (including phenoxy) is 2. The molecule has 4 heteroatoms. The van der Waals surface area contributed by atoms with Crippen molar-refractivity contribution < 1.29 is 9.47 Å². The van der Waals surface area contributed by atoms with E-state index < -0.39 is 0 Å². The first-order valence-electron chi connectivity index (χ1n) is 7.15. The van der Waals surface area contributed by atoms with Gasteiger partial charge in [-0.25, -0.2) is 0 Å². The molecule has 18 heavy (non-hydrogen) atoms. The van der Waals surface area contributed by atoms with Gasteiger partial charge in [-0.2, -0.15) is 0 Å². The van der Waals surface area contributed by atoms with Gasteiger partial charge in [-0.3, -0.25) is 4.90 Å². The Hall–Kier alpha value is -0.160. The number of hydrogen-bond acceptors (Lipinski definition) is 4. The molecular weight excluding hydrogens is 228 g/mol. The first-order chi connectivity index (χ1) is 8.47. The van der Waals surface area contributed by atoms with Gasteiger partial charge < -0.3 is 14.4 Å². The molecule has 1 saturated heterocycles. The number of piperazine rings is 1. The molecule has 0 aromatic rings. The highest BCUT2D eigenvalue weighted by molar-refractivity contribution is 4.73. The lowest BCUT2D eigenvalue weighted by Crippen LogP contribution is -2.48. The van der Waals surface area contributed by atoms with Gasteiger partial charge in [-0.15, -0.1) is 0 Å². The van der Waals surface area contributed by atoms with Crippen LogP contribution in [0.3, 0.4) is 0 Å². The third-order valence-electron chi connectivity index (χ3n) is 3.14. The van der Waals surface area contributed by atoms with E-state index in [1.54, 1.807) is 0 Å². The molecule has 1 heterocycles. The minimum absolute atomic E-state index is 0.191. The van der Waals surface area contributed by atoms with Gasteiger partial charge in [-0.05, 0) is 34.7 Å². The van der Waals surface area contributed by atoms with E-state index in [-0.39, 0.29) is 18.3 Å². The summed E-state index contributed by atoms with van der Waals surface area (Å²) in [7, 11) is 2.18. The molecule has 1 aliphatic rings. The van der Waals surface area contributed by atoms with Crippen molar-refractivity contribution in [1.82, 2.24) is 9.80 Å². The molecule has 0 radical (unpaired) electrons. The minimum atomic E-state index is 0.191. The molecule has 1 atom stereocenters. The zero-order valence-corrected chi connectivity index (χ0v) is 12.7. The molecule has 0 amide bonds. The average Bonchev–Trinajstić information content (AvgIpc) is 2.28. The topological polar surface area (TPSA) is 24.9 Å². The van der Waals surface area contributed by atoms with Gasteiger partial charge in [-0.1, -0.05) is 0 Å². The molecule has 0 spiro atoms.